The predicted octanol–water partition coefficient (Wildman–Crippen LogP) is 7.00. The SMILES string of the molecule is O=C(NCCC=Cc1ccc(-c2ccc(O)cc2)cc1)OCC1c2ccccc2-c2ccccc21. The molecule has 0 aliphatic heterocycles. The monoisotopic (exact) mass is 461 g/mol. The van der Waals surface area contributed by atoms with Gasteiger partial charge in [-0.05, 0) is 57.5 Å². The molecule has 1 amide bonds. The summed E-state index contributed by atoms with van der Waals surface area (Å²) in [5, 5.41) is 12.3. The minimum Gasteiger partial charge on any atom is -0.508 e. The highest BCUT2D eigenvalue weighted by Crippen LogP contribution is 2.44. The second-order valence-electron chi connectivity index (χ2n) is 8.61. The number of hydrogen-bond acceptors (Lipinski definition) is 3. The highest BCUT2D eigenvalue weighted by molar-refractivity contribution is 5.79. The Kier molecular flexibility index (Phi) is 6.62. The first-order chi connectivity index (χ1) is 17.2. The van der Waals surface area contributed by atoms with E-state index in [1.165, 1.54) is 22.3 Å². The molecule has 4 aromatic carbocycles. The number of amides is 1. The van der Waals surface area contributed by atoms with Crippen molar-refractivity contribution in [2.75, 3.05) is 13.2 Å². The molecule has 4 aromatic rings. The fraction of sp³-hybridized carbons (Fsp3) is 0.129. The van der Waals surface area contributed by atoms with E-state index in [1.807, 2.05) is 48.6 Å². The van der Waals surface area contributed by atoms with Crippen LogP contribution in [-0.2, 0) is 4.74 Å². The highest BCUT2D eigenvalue weighted by Gasteiger charge is 2.28. The Morgan fingerprint density at radius 3 is 2.00 bits per heavy atom. The third-order valence-electron chi connectivity index (χ3n) is 6.35. The molecule has 0 aromatic heterocycles. The number of phenolic OH excluding ortho intramolecular Hbond substituents is 1. The van der Waals surface area contributed by atoms with Gasteiger partial charge in [-0.15, -0.1) is 0 Å². The minimum atomic E-state index is -0.390. The molecule has 2 N–H and O–H groups in total. The van der Waals surface area contributed by atoms with Gasteiger partial charge in [-0.3, -0.25) is 0 Å². The van der Waals surface area contributed by atoms with Gasteiger partial charge in [-0.2, -0.15) is 0 Å². The summed E-state index contributed by atoms with van der Waals surface area (Å²) in [6.07, 6.45) is 4.40. The predicted molar refractivity (Wildman–Crippen MR) is 140 cm³/mol. The fourth-order valence-corrected chi connectivity index (χ4v) is 4.57. The van der Waals surface area contributed by atoms with Gasteiger partial charge < -0.3 is 15.2 Å². The lowest BCUT2D eigenvalue weighted by molar-refractivity contribution is 0.143. The van der Waals surface area contributed by atoms with Gasteiger partial charge in [0.05, 0.1) is 0 Å². The minimum absolute atomic E-state index is 0.0672. The third-order valence-corrected chi connectivity index (χ3v) is 6.35. The van der Waals surface area contributed by atoms with Crippen LogP contribution < -0.4 is 5.32 Å². The molecule has 0 saturated carbocycles. The molecule has 0 spiro atoms. The molecule has 0 heterocycles. The molecular formula is C31H27NO3. The molecule has 0 unspecified atom stereocenters. The van der Waals surface area contributed by atoms with E-state index in [-0.39, 0.29) is 11.7 Å². The van der Waals surface area contributed by atoms with Crippen molar-refractivity contribution < 1.29 is 14.6 Å². The lowest BCUT2D eigenvalue weighted by atomic mass is 9.98. The van der Waals surface area contributed by atoms with Crippen molar-refractivity contribution in [2.45, 2.75) is 12.3 Å². The molecule has 0 radical (unpaired) electrons. The quantitative estimate of drug-likeness (QED) is 0.291. The van der Waals surface area contributed by atoms with Crippen molar-refractivity contribution in [3.63, 3.8) is 0 Å². The summed E-state index contributed by atoms with van der Waals surface area (Å²) in [6.45, 7) is 0.835. The first-order valence-corrected chi connectivity index (χ1v) is 11.8. The lowest BCUT2D eigenvalue weighted by Gasteiger charge is -2.14. The Labute approximate surface area is 205 Å². The number of nitrogens with one attached hydrogen (secondary N) is 1. The smallest absolute Gasteiger partial charge is 0.407 e. The van der Waals surface area contributed by atoms with Crippen LogP contribution in [-0.4, -0.2) is 24.4 Å². The number of benzene rings is 4. The first-order valence-electron chi connectivity index (χ1n) is 11.8. The lowest BCUT2D eigenvalue weighted by Crippen LogP contribution is -2.26. The van der Waals surface area contributed by atoms with Crippen molar-refractivity contribution in [2.24, 2.45) is 0 Å². The van der Waals surface area contributed by atoms with Crippen LogP contribution in [0.1, 0.15) is 29.0 Å². The Balaban J connectivity index is 1.08. The van der Waals surface area contributed by atoms with Crippen LogP contribution in [0, 0.1) is 0 Å². The Morgan fingerprint density at radius 2 is 1.37 bits per heavy atom. The van der Waals surface area contributed by atoms with Crippen LogP contribution in [0.3, 0.4) is 0 Å². The van der Waals surface area contributed by atoms with Crippen molar-refractivity contribution in [1.82, 2.24) is 5.32 Å². The van der Waals surface area contributed by atoms with E-state index in [4.69, 9.17) is 4.74 Å². The molecule has 1 aliphatic carbocycles. The van der Waals surface area contributed by atoms with Gasteiger partial charge in [0.1, 0.15) is 12.4 Å². The van der Waals surface area contributed by atoms with Gasteiger partial charge in [0.25, 0.3) is 0 Å². The van der Waals surface area contributed by atoms with E-state index in [2.05, 4.69) is 53.8 Å². The number of ether oxygens (including phenoxy) is 1. The number of carbonyl (C=O) groups is 1. The normalized spacial score (nSPS) is 12.3. The van der Waals surface area contributed by atoms with E-state index in [1.54, 1.807) is 12.1 Å². The standard InChI is InChI=1S/C31H27NO3/c33-25-18-16-24(17-19-25)23-14-12-22(13-15-23)7-5-6-20-32-31(34)35-21-30-28-10-3-1-8-26(28)27-9-2-4-11-29(27)30/h1-5,7-19,30,33H,6,20-21H2,(H,32,34). The molecule has 0 atom stereocenters. The molecule has 174 valence electrons. The second kappa shape index (κ2) is 10.3. The summed E-state index contributed by atoms with van der Waals surface area (Å²) in [6, 6.07) is 32.0. The molecule has 0 bridgehead atoms. The van der Waals surface area contributed by atoms with Crippen LogP contribution in [0.5, 0.6) is 5.75 Å². The topological polar surface area (TPSA) is 58.6 Å². The molecule has 5 rings (SSSR count). The van der Waals surface area contributed by atoms with Crippen LogP contribution >= 0.6 is 0 Å². The van der Waals surface area contributed by atoms with E-state index >= 15 is 0 Å². The summed E-state index contributed by atoms with van der Waals surface area (Å²) in [4.78, 5) is 12.3. The van der Waals surface area contributed by atoms with Gasteiger partial charge in [0.15, 0.2) is 0 Å². The van der Waals surface area contributed by atoms with Crippen LogP contribution in [0.25, 0.3) is 28.3 Å². The Hall–Kier alpha value is -4.31. The van der Waals surface area contributed by atoms with Gasteiger partial charge in [0, 0.05) is 12.5 Å². The van der Waals surface area contributed by atoms with Gasteiger partial charge in [-0.25, -0.2) is 4.79 Å². The van der Waals surface area contributed by atoms with E-state index in [0.717, 1.165) is 16.7 Å². The molecule has 4 nitrogen and oxygen atoms in total. The van der Waals surface area contributed by atoms with Crippen molar-refractivity contribution in [3.8, 4) is 28.0 Å². The van der Waals surface area contributed by atoms with Crippen LogP contribution in [0.2, 0.25) is 0 Å². The number of hydrogen-bond donors (Lipinski definition) is 2. The fourth-order valence-electron chi connectivity index (χ4n) is 4.57. The van der Waals surface area contributed by atoms with Crippen molar-refractivity contribution in [1.29, 1.82) is 0 Å². The van der Waals surface area contributed by atoms with Gasteiger partial charge in [-0.1, -0.05) is 97.1 Å². The second-order valence-corrected chi connectivity index (χ2v) is 8.61. The van der Waals surface area contributed by atoms with Crippen LogP contribution in [0.15, 0.2) is 103 Å². The summed E-state index contributed by atoms with van der Waals surface area (Å²) >= 11 is 0. The summed E-state index contributed by atoms with van der Waals surface area (Å²) in [5.41, 5.74) is 8.11. The number of carbonyl (C=O) groups excluding carboxylic acids is 1. The summed E-state index contributed by atoms with van der Waals surface area (Å²) < 4.78 is 5.58. The average Bonchev–Trinajstić information content (AvgIpc) is 3.22. The number of fused-ring (bicyclic) bond motifs is 3. The molecule has 35 heavy (non-hydrogen) atoms. The molecule has 4 heteroatoms. The number of phenols is 1. The zero-order valence-electron chi connectivity index (χ0n) is 19.4. The van der Waals surface area contributed by atoms with Gasteiger partial charge >= 0.3 is 6.09 Å². The third kappa shape index (κ3) is 5.12. The summed E-state index contributed by atoms with van der Waals surface area (Å²) in [7, 11) is 0. The van der Waals surface area contributed by atoms with E-state index < -0.39 is 6.09 Å². The number of alkyl carbamates (subject to hydrolysis) is 1. The maximum Gasteiger partial charge on any atom is 0.407 e. The number of aromatic hydroxyl groups is 1. The summed E-state index contributed by atoms with van der Waals surface area (Å²) in [5.74, 6) is 0.331. The van der Waals surface area contributed by atoms with E-state index in [0.29, 0.717) is 19.6 Å². The first kappa shape index (κ1) is 22.5. The number of rotatable bonds is 7. The largest absolute Gasteiger partial charge is 0.508 e. The molecular weight excluding hydrogens is 434 g/mol. The zero-order chi connectivity index (χ0) is 24.0. The molecule has 1 aliphatic rings. The average molecular weight is 462 g/mol. The van der Waals surface area contributed by atoms with Crippen molar-refractivity contribution >= 4 is 12.2 Å². The maximum absolute atomic E-state index is 12.3. The van der Waals surface area contributed by atoms with Crippen LogP contribution in [0.4, 0.5) is 4.79 Å². The Morgan fingerprint density at radius 1 is 0.800 bits per heavy atom. The molecule has 0 saturated heterocycles. The maximum atomic E-state index is 12.3. The zero-order valence-corrected chi connectivity index (χ0v) is 19.4. The Bertz CT molecular complexity index is 1300. The molecule has 0 fully saturated rings. The van der Waals surface area contributed by atoms with Crippen molar-refractivity contribution in [3.05, 3.63) is 120 Å². The van der Waals surface area contributed by atoms with Gasteiger partial charge in [0.2, 0.25) is 0 Å². The van der Waals surface area contributed by atoms with E-state index in [9.17, 15) is 9.90 Å². The highest BCUT2D eigenvalue weighted by atomic mass is 16.5.